The average molecular weight is 221 g/mol. The van der Waals surface area contributed by atoms with Gasteiger partial charge in [0.2, 0.25) is 0 Å². The van der Waals surface area contributed by atoms with Crippen LogP contribution in [0.25, 0.3) is 5.57 Å². The van der Waals surface area contributed by atoms with Crippen LogP contribution in [0.1, 0.15) is 31.5 Å². The zero-order chi connectivity index (χ0) is 10.8. The number of hydrogen-bond donors (Lipinski definition) is 0. The van der Waals surface area contributed by atoms with Crippen molar-refractivity contribution in [1.82, 2.24) is 4.98 Å². The maximum atomic E-state index is 6.05. The highest BCUT2D eigenvalue weighted by atomic mass is 35.5. The largest absolute Gasteiger partial charge is 0.261 e. The highest BCUT2D eigenvalue weighted by molar-refractivity contribution is 6.34. The molecule has 1 aromatic heterocycles. The average Bonchev–Trinajstić information content (AvgIpc) is 2.58. The van der Waals surface area contributed by atoms with Crippen LogP contribution in [-0.4, -0.2) is 10.7 Å². The fraction of sp³-hybridized carbons (Fsp3) is 0.333. The van der Waals surface area contributed by atoms with Gasteiger partial charge in [-0.2, -0.15) is 0 Å². The molecule has 3 heteroatoms. The van der Waals surface area contributed by atoms with Crippen LogP contribution >= 0.6 is 11.6 Å². The van der Waals surface area contributed by atoms with Crippen molar-refractivity contribution in [2.75, 3.05) is 0 Å². The number of pyridine rings is 1. The second kappa shape index (κ2) is 4.15. The van der Waals surface area contributed by atoms with Crippen molar-refractivity contribution in [3.05, 3.63) is 34.7 Å². The van der Waals surface area contributed by atoms with Crippen LogP contribution in [0.4, 0.5) is 0 Å². The van der Waals surface area contributed by atoms with Crippen LogP contribution in [0.15, 0.2) is 28.5 Å². The molecule has 1 aliphatic rings. The van der Waals surface area contributed by atoms with E-state index in [1.807, 2.05) is 19.2 Å². The Balaban J connectivity index is 2.29. The minimum absolute atomic E-state index is 0.610. The van der Waals surface area contributed by atoms with Crippen molar-refractivity contribution in [1.29, 1.82) is 0 Å². The molecule has 2 nitrogen and oxygen atoms in total. The number of aromatic nitrogens is 1. The van der Waals surface area contributed by atoms with Gasteiger partial charge in [0, 0.05) is 29.6 Å². The van der Waals surface area contributed by atoms with E-state index in [4.69, 9.17) is 11.6 Å². The number of aryl methyl sites for hydroxylation is 1. The molecule has 78 valence electrons. The van der Waals surface area contributed by atoms with Gasteiger partial charge in [0.1, 0.15) is 5.16 Å². The molecule has 2 heterocycles. The molecular formula is C12H13ClN2. The molecule has 1 aliphatic heterocycles. The summed E-state index contributed by atoms with van der Waals surface area (Å²) in [7, 11) is 0. The summed E-state index contributed by atoms with van der Waals surface area (Å²) in [5.74, 6) is 0. The lowest BCUT2D eigenvalue weighted by Crippen LogP contribution is -1.91. The predicted octanol–water partition coefficient (Wildman–Crippen LogP) is 3.42. The molecule has 0 bridgehead atoms. The molecule has 1 aromatic rings. The number of allylic oxidation sites excluding steroid dienone is 1. The highest BCUT2D eigenvalue weighted by Gasteiger charge is 2.15. The first kappa shape index (κ1) is 10.4. The fourth-order valence-corrected chi connectivity index (χ4v) is 1.96. The second-order valence-corrected chi connectivity index (χ2v) is 4.04. The lowest BCUT2D eigenvalue weighted by Gasteiger charge is -2.03. The molecule has 0 aromatic carbocycles. The van der Waals surface area contributed by atoms with E-state index in [1.54, 1.807) is 0 Å². The summed E-state index contributed by atoms with van der Waals surface area (Å²) in [4.78, 5) is 8.58. The molecule has 15 heavy (non-hydrogen) atoms. The van der Waals surface area contributed by atoms with Crippen LogP contribution in [0.3, 0.4) is 0 Å². The SMILES string of the molecule is CCc1ccc(C2=C(Cl)N=C(C)C2)cn1. The van der Waals surface area contributed by atoms with Crippen molar-refractivity contribution >= 4 is 22.9 Å². The Morgan fingerprint density at radius 3 is 2.67 bits per heavy atom. The molecule has 0 amide bonds. The number of hydrogen-bond acceptors (Lipinski definition) is 2. The Morgan fingerprint density at radius 2 is 2.20 bits per heavy atom. The lowest BCUT2D eigenvalue weighted by molar-refractivity contribution is 1.03. The summed E-state index contributed by atoms with van der Waals surface area (Å²) in [5.41, 5.74) is 4.34. The molecule has 0 aliphatic carbocycles. The molecule has 0 unspecified atom stereocenters. The number of halogens is 1. The maximum absolute atomic E-state index is 6.05. The van der Waals surface area contributed by atoms with Gasteiger partial charge in [-0.3, -0.25) is 4.98 Å². The van der Waals surface area contributed by atoms with Crippen molar-refractivity contribution < 1.29 is 0 Å². The maximum Gasteiger partial charge on any atom is 0.133 e. The molecule has 0 saturated carbocycles. The summed E-state index contributed by atoms with van der Waals surface area (Å²) < 4.78 is 0. The summed E-state index contributed by atoms with van der Waals surface area (Å²) in [6.45, 7) is 4.08. The van der Waals surface area contributed by atoms with Gasteiger partial charge in [-0.25, -0.2) is 4.99 Å². The molecule has 2 rings (SSSR count). The van der Waals surface area contributed by atoms with Crippen LogP contribution in [0.5, 0.6) is 0 Å². The fourth-order valence-electron chi connectivity index (χ4n) is 1.64. The normalized spacial score (nSPS) is 15.8. The number of aliphatic imine (C=N–C) groups is 1. The first-order valence-electron chi connectivity index (χ1n) is 5.09. The minimum Gasteiger partial charge on any atom is -0.261 e. The highest BCUT2D eigenvalue weighted by Crippen LogP contribution is 2.30. The van der Waals surface area contributed by atoms with E-state index in [-0.39, 0.29) is 0 Å². The predicted molar refractivity (Wildman–Crippen MR) is 64.1 cm³/mol. The number of rotatable bonds is 2. The van der Waals surface area contributed by atoms with Crippen LogP contribution in [0.2, 0.25) is 0 Å². The van der Waals surface area contributed by atoms with Gasteiger partial charge in [-0.05, 0) is 25.0 Å². The summed E-state index contributed by atoms with van der Waals surface area (Å²) in [5, 5.41) is 0.610. The second-order valence-electron chi connectivity index (χ2n) is 3.68. The van der Waals surface area contributed by atoms with Crippen molar-refractivity contribution in [3.8, 4) is 0 Å². The Bertz CT molecular complexity index is 429. The number of nitrogens with zero attached hydrogens (tertiary/aromatic N) is 2. The van der Waals surface area contributed by atoms with Gasteiger partial charge in [0.05, 0.1) is 0 Å². The van der Waals surface area contributed by atoms with Gasteiger partial charge in [-0.15, -0.1) is 0 Å². The summed E-state index contributed by atoms with van der Waals surface area (Å²) in [6, 6.07) is 4.11. The zero-order valence-electron chi connectivity index (χ0n) is 8.92. The Kier molecular flexibility index (Phi) is 2.87. The quantitative estimate of drug-likeness (QED) is 0.702. The van der Waals surface area contributed by atoms with E-state index in [1.165, 1.54) is 0 Å². The van der Waals surface area contributed by atoms with E-state index in [0.29, 0.717) is 5.16 Å². The van der Waals surface area contributed by atoms with E-state index < -0.39 is 0 Å². The smallest absolute Gasteiger partial charge is 0.133 e. The molecule has 0 atom stereocenters. The van der Waals surface area contributed by atoms with Crippen molar-refractivity contribution in [3.63, 3.8) is 0 Å². The first-order chi connectivity index (χ1) is 7.20. The topological polar surface area (TPSA) is 25.2 Å². The Morgan fingerprint density at radius 1 is 1.40 bits per heavy atom. The van der Waals surface area contributed by atoms with Gasteiger partial charge in [0.25, 0.3) is 0 Å². The third-order valence-corrected chi connectivity index (χ3v) is 2.82. The molecule has 0 fully saturated rings. The van der Waals surface area contributed by atoms with Crippen molar-refractivity contribution in [2.24, 2.45) is 4.99 Å². The third kappa shape index (κ3) is 2.10. The van der Waals surface area contributed by atoms with Crippen LogP contribution in [-0.2, 0) is 6.42 Å². The monoisotopic (exact) mass is 220 g/mol. The van der Waals surface area contributed by atoms with Crippen LogP contribution < -0.4 is 0 Å². The summed E-state index contributed by atoms with van der Waals surface area (Å²) >= 11 is 6.05. The van der Waals surface area contributed by atoms with Crippen LogP contribution in [0, 0.1) is 0 Å². The molecule has 0 N–H and O–H groups in total. The van der Waals surface area contributed by atoms with E-state index in [2.05, 4.69) is 23.0 Å². The van der Waals surface area contributed by atoms with E-state index >= 15 is 0 Å². The standard InChI is InChI=1S/C12H13ClN2/c1-3-10-5-4-9(7-14-10)11-6-8(2)15-12(11)13/h4-5,7H,3,6H2,1-2H3. The summed E-state index contributed by atoms with van der Waals surface area (Å²) in [6.07, 6.45) is 3.68. The Labute approximate surface area is 94.7 Å². The van der Waals surface area contributed by atoms with Gasteiger partial charge in [0.15, 0.2) is 0 Å². The minimum atomic E-state index is 0.610. The molecular weight excluding hydrogens is 208 g/mol. The van der Waals surface area contributed by atoms with Crippen molar-refractivity contribution in [2.45, 2.75) is 26.7 Å². The lowest BCUT2D eigenvalue weighted by atomic mass is 10.0. The zero-order valence-corrected chi connectivity index (χ0v) is 9.67. The third-order valence-electron chi connectivity index (χ3n) is 2.51. The first-order valence-corrected chi connectivity index (χ1v) is 5.46. The molecule has 0 spiro atoms. The molecule has 0 radical (unpaired) electrons. The molecule has 0 saturated heterocycles. The van der Waals surface area contributed by atoms with Gasteiger partial charge < -0.3 is 0 Å². The van der Waals surface area contributed by atoms with Gasteiger partial charge >= 0.3 is 0 Å². The van der Waals surface area contributed by atoms with Gasteiger partial charge in [-0.1, -0.05) is 24.6 Å². The van der Waals surface area contributed by atoms with E-state index in [9.17, 15) is 0 Å². The van der Waals surface area contributed by atoms with E-state index in [0.717, 1.165) is 35.4 Å². The Hall–Kier alpha value is -1.15.